The number of rotatable bonds is 10. The third-order valence-electron chi connectivity index (χ3n) is 4.37. The van der Waals surface area contributed by atoms with E-state index in [4.69, 9.17) is 0 Å². The maximum atomic E-state index is 13.7. The molecular formula is C17H22F12O2. The summed E-state index contributed by atoms with van der Waals surface area (Å²) in [5.74, 6) is -38.9. The maximum absolute atomic E-state index is 13.7. The molecule has 0 fully saturated rings. The molecule has 0 aliphatic heterocycles. The van der Waals surface area contributed by atoms with Gasteiger partial charge in [0.1, 0.15) is 0 Å². The zero-order chi connectivity index (χ0) is 25.4. The highest BCUT2D eigenvalue weighted by molar-refractivity contribution is 5.73. The standard InChI is InChI=1S/C17H22F12O2/c1-8(2)6-9(12(3,4)5)10(30)31-7-13(20,21)15(24,25)17(28,29)16(26,27)14(22,23)11(18)19/h8-9,11H,6-7H2,1-5H3. The van der Waals surface area contributed by atoms with Crippen molar-refractivity contribution in [3.05, 3.63) is 0 Å². The Morgan fingerprint density at radius 1 is 0.774 bits per heavy atom. The van der Waals surface area contributed by atoms with Gasteiger partial charge in [-0.05, 0) is 17.8 Å². The molecule has 0 saturated heterocycles. The van der Waals surface area contributed by atoms with E-state index in [9.17, 15) is 57.5 Å². The fourth-order valence-electron chi connectivity index (χ4n) is 2.40. The predicted octanol–water partition coefficient (Wildman–Crippen LogP) is 6.68. The summed E-state index contributed by atoms with van der Waals surface area (Å²) in [5, 5.41) is 0. The van der Waals surface area contributed by atoms with Gasteiger partial charge in [0.15, 0.2) is 6.61 Å². The lowest BCUT2D eigenvalue weighted by Gasteiger charge is -2.39. The summed E-state index contributed by atoms with van der Waals surface area (Å²) in [4.78, 5) is 12.0. The molecule has 0 heterocycles. The van der Waals surface area contributed by atoms with Crippen molar-refractivity contribution in [2.75, 3.05) is 6.61 Å². The Labute approximate surface area is 170 Å². The van der Waals surface area contributed by atoms with E-state index in [-0.39, 0.29) is 12.3 Å². The van der Waals surface area contributed by atoms with Gasteiger partial charge in [-0.15, -0.1) is 0 Å². The summed E-state index contributed by atoms with van der Waals surface area (Å²) in [6, 6.07) is 0. The van der Waals surface area contributed by atoms with Crippen molar-refractivity contribution >= 4 is 5.97 Å². The third kappa shape index (κ3) is 5.52. The van der Waals surface area contributed by atoms with Crippen LogP contribution in [0.4, 0.5) is 52.7 Å². The van der Waals surface area contributed by atoms with Crippen LogP contribution in [-0.4, -0.2) is 48.6 Å². The molecule has 0 N–H and O–H groups in total. The van der Waals surface area contributed by atoms with Gasteiger partial charge in [0.05, 0.1) is 5.92 Å². The topological polar surface area (TPSA) is 26.3 Å². The van der Waals surface area contributed by atoms with Crippen molar-refractivity contribution in [1.29, 1.82) is 0 Å². The Bertz CT molecular complexity index is 623. The molecule has 0 aliphatic carbocycles. The molecular weight excluding hydrogens is 464 g/mol. The molecule has 0 aromatic carbocycles. The molecule has 2 nitrogen and oxygen atoms in total. The quantitative estimate of drug-likeness (QED) is 0.254. The smallest absolute Gasteiger partial charge is 0.384 e. The number of carbonyl (C=O) groups is 1. The molecule has 0 aromatic heterocycles. The lowest BCUT2D eigenvalue weighted by atomic mass is 9.76. The molecule has 1 unspecified atom stereocenters. The SMILES string of the molecule is CC(C)CC(C(=O)OCC(F)(F)C(F)(F)C(F)(F)C(F)(F)C(F)(F)C(F)F)C(C)(C)C. The van der Waals surface area contributed by atoms with Crippen LogP contribution < -0.4 is 0 Å². The maximum Gasteiger partial charge on any atom is 0.384 e. The zero-order valence-electron chi connectivity index (χ0n) is 17.0. The average Bonchev–Trinajstić information content (AvgIpc) is 2.55. The number of alkyl halides is 12. The molecule has 186 valence electrons. The van der Waals surface area contributed by atoms with Crippen LogP contribution in [0.3, 0.4) is 0 Å². The van der Waals surface area contributed by atoms with Crippen molar-refractivity contribution in [3.8, 4) is 0 Å². The van der Waals surface area contributed by atoms with Gasteiger partial charge in [-0.2, -0.15) is 43.9 Å². The number of halogens is 12. The average molecular weight is 486 g/mol. The fourth-order valence-corrected chi connectivity index (χ4v) is 2.40. The second-order valence-electron chi connectivity index (χ2n) is 8.51. The van der Waals surface area contributed by atoms with Crippen molar-refractivity contribution in [1.82, 2.24) is 0 Å². The first-order valence-electron chi connectivity index (χ1n) is 8.71. The van der Waals surface area contributed by atoms with Gasteiger partial charge in [0.2, 0.25) is 0 Å². The lowest BCUT2D eigenvalue weighted by molar-refractivity contribution is -0.414. The third-order valence-corrected chi connectivity index (χ3v) is 4.37. The Kier molecular flexibility index (Phi) is 8.48. The summed E-state index contributed by atoms with van der Waals surface area (Å²) in [5.41, 5.74) is -0.977. The van der Waals surface area contributed by atoms with Crippen LogP contribution in [-0.2, 0) is 9.53 Å². The fraction of sp³-hybridized carbons (Fsp3) is 0.941. The van der Waals surface area contributed by atoms with Crippen LogP contribution in [0.25, 0.3) is 0 Å². The molecule has 0 bridgehead atoms. The molecule has 1 atom stereocenters. The molecule has 31 heavy (non-hydrogen) atoms. The highest BCUT2D eigenvalue weighted by atomic mass is 19.4. The van der Waals surface area contributed by atoms with Gasteiger partial charge in [-0.25, -0.2) is 8.78 Å². The number of ether oxygens (including phenoxy) is 1. The molecule has 0 aromatic rings. The van der Waals surface area contributed by atoms with E-state index in [2.05, 4.69) is 4.74 Å². The normalized spacial score (nSPS) is 16.1. The monoisotopic (exact) mass is 486 g/mol. The summed E-state index contributed by atoms with van der Waals surface area (Å²) < 4.78 is 161. The van der Waals surface area contributed by atoms with Crippen molar-refractivity contribution in [2.24, 2.45) is 17.3 Å². The lowest BCUT2D eigenvalue weighted by Crippen LogP contribution is -2.69. The minimum Gasteiger partial charge on any atom is -0.459 e. The number of esters is 1. The minimum absolute atomic E-state index is 0.0147. The van der Waals surface area contributed by atoms with Crippen LogP contribution >= 0.6 is 0 Å². The molecule has 0 amide bonds. The summed E-state index contributed by atoms with van der Waals surface area (Å²) in [7, 11) is 0. The highest BCUT2D eigenvalue weighted by Crippen LogP contribution is 2.58. The van der Waals surface area contributed by atoms with Gasteiger partial charge < -0.3 is 4.74 Å². The van der Waals surface area contributed by atoms with Crippen LogP contribution in [0.5, 0.6) is 0 Å². The zero-order valence-corrected chi connectivity index (χ0v) is 17.0. The van der Waals surface area contributed by atoms with Crippen LogP contribution in [0.15, 0.2) is 0 Å². The Balaban J connectivity index is 5.87. The Hall–Kier alpha value is -1.37. The van der Waals surface area contributed by atoms with Crippen molar-refractivity contribution in [3.63, 3.8) is 0 Å². The summed E-state index contributed by atoms with van der Waals surface area (Å²) in [6.45, 7) is 4.64. The van der Waals surface area contributed by atoms with Gasteiger partial charge in [0, 0.05) is 0 Å². The first-order chi connectivity index (χ1) is 13.4. The van der Waals surface area contributed by atoms with E-state index in [1.807, 2.05) is 0 Å². The van der Waals surface area contributed by atoms with Crippen molar-refractivity contribution < 1.29 is 62.2 Å². The van der Waals surface area contributed by atoms with Gasteiger partial charge in [-0.3, -0.25) is 4.79 Å². The van der Waals surface area contributed by atoms with Crippen LogP contribution in [0.2, 0.25) is 0 Å². The molecule has 0 spiro atoms. The molecule has 0 radical (unpaired) electrons. The Morgan fingerprint density at radius 2 is 1.19 bits per heavy atom. The molecule has 0 aliphatic rings. The first-order valence-corrected chi connectivity index (χ1v) is 8.71. The van der Waals surface area contributed by atoms with E-state index >= 15 is 0 Å². The number of hydrogen-bond donors (Lipinski definition) is 0. The molecule has 14 heteroatoms. The molecule has 0 saturated carbocycles. The van der Waals surface area contributed by atoms with Crippen LogP contribution in [0.1, 0.15) is 41.0 Å². The van der Waals surface area contributed by atoms with Crippen LogP contribution in [0, 0.1) is 17.3 Å². The largest absolute Gasteiger partial charge is 0.459 e. The number of carbonyl (C=O) groups excluding carboxylic acids is 1. The van der Waals surface area contributed by atoms with E-state index in [0.717, 1.165) is 0 Å². The van der Waals surface area contributed by atoms with E-state index in [0.29, 0.717) is 0 Å². The van der Waals surface area contributed by atoms with Crippen molar-refractivity contribution in [2.45, 2.75) is 77.1 Å². The minimum atomic E-state index is -7.64. The predicted molar refractivity (Wildman–Crippen MR) is 84.1 cm³/mol. The van der Waals surface area contributed by atoms with Gasteiger partial charge in [-0.1, -0.05) is 34.6 Å². The van der Waals surface area contributed by atoms with Gasteiger partial charge in [0.25, 0.3) is 0 Å². The summed E-state index contributed by atoms with van der Waals surface area (Å²) in [6.07, 6.45) is -5.58. The van der Waals surface area contributed by atoms with Gasteiger partial charge >= 0.3 is 42.0 Å². The second-order valence-corrected chi connectivity index (χ2v) is 8.51. The Morgan fingerprint density at radius 3 is 1.52 bits per heavy atom. The second kappa shape index (κ2) is 8.87. The first kappa shape index (κ1) is 29.6. The number of hydrogen-bond acceptors (Lipinski definition) is 2. The van der Waals surface area contributed by atoms with E-state index < -0.39 is 59.9 Å². The van der Waals surface area contributed by atoms with E-state index in [1.54, 1.807) is 13.8 Å². The highest BCUT2D eigenvalue weighted by Gasteiger charge is 2.87. The molecule has 0 rings (SSSR count). The summed E-state index contributed by atoms with van der Waals surface area (Å²) >= 11 is 0. The van der Waals surface area contributed by atoms with E-state index in [1.165, 1.54) is 20.8 Å².